The quantitative estimate of drug-likeness (QED) is 0.382. The van der Waals surface area contributed by atoms with Gasteiger partial charge in [0.25, 0.3) is 11.6 Å². The van der Waals surface area contributed by atoms with Crippen LogP contribution in [0.5, 0.6) is 0 Å². The summed E-state index contributed by atoms with van der Waals surface area (Å²) in [5, 5.41) is 14.9. The molecule has 0 fully saturated rings. The number of benzene rings is 1. The van der Waals surface area contributed by atoms with Crippen molar-refractivity contribution in [3.63, 3.8) is 0 Å². The minimum absolute atomic E-state index is 0.0229. The van der Waals surface area contributed by atoms with Gasteiger partial charge in [0, 0.05) is 40.2 Å². The fourth-order valence-electron chi connectivity index (χ4n) is 3.36. The van der Waals surface area contributed by atoms with E-state index in [1.807, 2.05) is 7.05 Å². The molecule has 1 aromatic carbocycles. The van der Waals surface area contributed by atoms with Crippen molar-refractivity contribution in [1.82, 2.24) is 4.90 Å². The fraction of sp³-hybridized carbons (Fsp3) is 0.263. The molecule has 2 aromatic heterocycles. The number of anilines is 1. The van der Waals surface area contributed by atoms with Gasteiger partial charge in [-0.05, 0) is 31.2 Å². The summed E-state index contributed by atoms with van der Waals surface area (Å²) in [4.78, 5) is 39.3. The van der Waals surface area contributed by atoms with Crippen LogP contribution in [0.4, 0.5) is 10.7 Å². The first-order valence-corrected chi connectivity index (χ1v) is 10.4. The van der Waals surface area contributed by atoms with E-state index in [1.165, 1.54) is 41.9 Å². The van der Waals surface area contributed by atoms with Crippen molar-refractivity contribution in [1.29, 1.82) is 0 Å². The van der Waals surface area contributed by atoms with Crippen LogP contribution in [-0.4, -0.2) is 42.4 Å². The smallest absolute Gasteiger partial charge is 0.341 e. The zero-order valence-corrected chi connectivity index (χ0v) is 17.3. The van der Waals surface area contributed by atoms with Crippen molar-refractivity contribution in [2.75, 3.05) is 26.0 Å². The summed E-state index contributed by atoms with van der Waals surface area (Å²) in [5.41, 5.74) is 1.33. The number of nitro groups is 1. The molecule has 3 heterocycles. The zero-order chi connectivity index (χ0) is 20.7. The number of fused-ring (bicyclic) bond motifs is 2. The van der Waals surface area contributed by atoms with E-state index in [9.17, 15) is 19.7 Å². The number of carbonyl (C=O) groups excluding carboxylic acids is 2. The van der Waals surface area contributed by atoms with Crippen LogP contribution < -0.4 is 5.32 Å². The van der Waals surface area contributed by atoms with E-state index < -0.39 is 10.9 Å². The van der Waals surface area contributed by atoms with E-state index >= 15 is 0 Å². The van der Waals surface area contributed by atoms with Crippen molar-refractivity contribution in [2.45, 2.75) is 13.0 Å². The van der Waals surface area contributed by atoms with Gasteiger partial charge in [-0.1, -0.05) is 0 Å². The second-order valence-corrected chi connectivity index (χ2v) is 8.92. The summed E-state index contributed by atoms with van der Waals surface area (Å²) in [6.07, 6.45) is 0.717. The normalized spacial score (nSPS) is 13.9. The van der Waals surface area contributed by atoms with E-state index in [0.717, 1.165) is 28.1 Å². The summed E-state index contributed by atoms with van der Waals surface area (Å²) in [7, 11) is 3.33. The monoisotopic (exact) mass is 431 g/mol. The molecule has 4 rings (SSSR count). The molecule has 3 aromatic rings. The minimum Gasteiger partial charge on any atom is -0.465 e. The van der Waals surface area contributed by atoms with Gasteiger partial charge in [-0.2, -0.15) is 0 Å². The number of hydrogen-bond donors (Lipinski definition) is 1. The third-order valence-corrected chi connectivity index (χ3v) is 7.05. The van der Waals surface area contributed by atoms with Crippen LogP contribution in [0, 0.1) is 10.1 Å². The predicted octanol–water partition coefficient (Wildman–Crippen LogP) is 3.90. The largest absolute Gasteiger partial charge is 0.465 e. The van der Waals surface area contributed by atoms with Crippen molar-refractivity contribution >= 4 is 55.3 Å². The van der Waals surface area contributed by atoms with Crippen LogP contribution in [0.25, 0.3) is 10.1 Å². The number of non-ortho nitro benzene ring substituents is 1. The van der Waals surface area contributed by atoms with Gasteiger partial charge < -0.3 is 15.0 Å². The van der Waals surface area contributed by atoms with E-state index in [4.69, 9.17) is 4.74 Å². The van der Waals surface area contributed by atoms with Crippen LogP contribution in [0.3, 0.4) is 0 Å². The minimum atomic E-state index is -0.466. The van der Waals surface area contributed by atoms with E-state index in [-0.39, 0.29) is 11.6 Å². The second kappa shape index (κ2) is 7.54. The highest BCUT2D eigenvalue weighted by molar-refractivity contribution is 7.21. The third kappa shape index (κ3) is 3.61. The molecule has 0 aliphatic carbocycles. The standard InChI is InChI=1S/C19H17N3O5S2/c1-21-6-5-12-15(9-21)29-18(16(12)19(24)27-2)20-17(23)14-8-10-7-11(22(25)26)3-4-13(10)28-14/h3-4,7-8H,5-6,9H2,1-2H3,(H,20,23). The van der Waals surface area contributed by atoms with Crippen molar-refractivity contribution in [2.24, 2.45) is 0 Å². The van der Waals surface area contributed by atoms with Gasteiger partial charge in [-0.3, -0.25) is 14.9 Å². The molecule has 150 valence electrons. The van der Waals surface area contributed by atoms with Gasteiger partial charge in [0.2, 0.25) is 0 Å². The summed E-state index contributed by atoms with van der Waals surface area (Å²) >= 11 is 2.63. The van der Waals surface area contributed by atoms with Gasteiger partial charge in [0.1, 0.15) is 5.00 Å². The molecule has 0 unspecified atom stereocenters. The molecule has 0 saturated heterocycles. The molecule has 0 saturated carbocycles. The molecule has 0 bridgehead atoms. The predicted molar refractivity (Wildman–Crippen MR) is 112 cm³/mol. The Hall–Kier alpha value is -2.82. The number of nitro benzene ring substituents is 1. The number of thiophene rings is 2. The highest BCUT2D eigenvalue weighted by Gasteiger charge is 2.28. The Morgan fingerprint density at radius 3 is 2.79 bits per heavy atom. The van der Waals surface area contributed by atoms with Crippen molar-refractivity contribution in [3.05, 3.63) is 55.3 Å². The van der Waals surface area contributed by atoms with E-state index in [2.05, 4.69) is 10.2 Å². The number of nitrogens with one attached hydrogen (secondary N) is 1. The first-order valence-electron chi connectivity index (χ1n) is 8.78. The molecule has 0 atom stereocenters. The number of carbonyl (C=O) groups is 2. The van der Waals surface area contributed by atoms with Crippen LogP contribution >= 0.6 is 22.7 Å². The molecule has 1 N–H and O–H groups in total. The molecule has 1 amide bonds. The zero-order valence-electron chi connectivity index (χ0n) is 15.7. The number of likely N-dealkylation sites (N-methyl/N-ethyl adjacent to an activating group) is 1. The lowest BCUT2D eigenvalue weighted by molar-refractivity contribution is -0.384. The number of rotatable bonds is 4. The molecule has 0 spiro atoms. The highest BCUT2D eigenvalue weighted by atomic mass is 32.1. The van der Waals surface area contributed by atoms with Gasteiger partial charge in [-0.25, -0.2) is 4.79 Å². The van der Waals surface area contributed by atoms with Crippen molar-refractivity contribution in [3.8, 4) is 0 Å². The summed E-state index contributed by atoms with van der Waals surface area (Å²) in [6, 6.07) is 6.12. The Balaban J connectivity index is 1.67. The number of hydrogen-bond acceptors (Lipinski definition) is 8. The number of esters is 1. The second-order valence-electron chi connectivity index (χ2n) is 6.73. The number of amides is 1. The maximum absolute atomic E-state index is 12.9. The van der Waals surface area contributed by atoms with Crippen LogP contribution in [-0.2, 0) is 17.7 Å². The van der Waals surface area contributed by atoms with Crippen LogP contribution in [0.2, 0.25) is 0 Å². The van der Waals surface area contributed by atoms with Crippen LogP contribution in [0.15, 0.2) is 24.3 Å². The molecule has 29 heavy (non-hydrogen) atoms. The Morgan fingerprint density at radius 1 is 1.28 bits per heavy atom. The Labute approximate surface area is 173 Å². The summed E-state index contributed by atoms with van der Waals surface area (Å²) < 4.78 is 5.72. The fourth-order valence-corrected chi connectivity index (χ4v) is 5.61. The maximum atomic E-state index is 12.9. The molecule has 8 nitrogen and oxygen atoms in total. The Bertz CT molecular complexity index is 1150. The maximum Gasteiger partial charge on any atom is 0.341 e. The average Bonchev–Trinajstić information content (AvgIpc) is 3.27. The van der Waals surface area contributed by atoms with E-state index in [1.54, 1.807) is 12.1 Å². The molecule has 10 heteroatoms. The highest BCUT2D eigenvalue weighted by Crippen LogP contribution is 2.38. The summed E-state index contributed by atoms with van der Waals surface area (Å²) in [6.45, 7) is 1.54. The lowest BCUT2D eigenvalue weighted by Gasteiger charge is -2.22. The van der Waals surface area contributed by atoms with Crippen LogP contribution in [0.1, 0.15) is 30.5 Å². The lowest BCUT2D eigenvalue weighted by atomic mass is 10.0. The number of nitrogens with zero attached hydrogens (tertiary/aromatic N) is 2. The van der Waals surface area contributed by atoms with Gasteiger partial charge in [-0.15, -0.1) is 22.7 Å². The molecule has 1 aliphatic heterocycles. The van der Waals surface area contributed by atoms with Crippen molar-refractivity contribution < 1.29 is 19.2 Å². The first kappa shape index (κ1) is 19.5. The summed E-state index contributed by atoms with van der Waals surface area (Å²) in [5.74, 6) is -0.819. The third-order valence-electron chi connectivity index (χ3n) is 4.80. The number of methoxy groups -OCH3 is 1. The molecular formula is C19H17N3O5S2. The Morgan fingerprint density at radius 2 is 2.07 bits per heavy atom. The molecule has 0 radical (unpaired) electrons. The SMILES string of the molecule is COC(=O)c1c(NC(=O)c2cc3cc([N+](=O)[O-])ccc3s2)sc2c1CCN(C)C2. The number of ether oxygens (including phenoxy) is 1. The lowest BCUT2D eigenvalue weighted by Crippen LogP contribution is -2.26. The van der Waals surface area contributed by atoms with Gasteiger partial charge in [0.15, 0.2) is 0 Å². The first-order chi connectivity index (χ1) is 13.9. The molecule has 1 aliphatic rings. The van der Waals surface area contributed by atoms with E-state index in [0.29, 0.717) is 27.4 Å². The topological polar surface area (TPSA) is 102 Å². The average molecular weight is 431 g/mol. The Kier molecular flexibility index (Phi) is 5.07. The van der Waals surface area contributed by atoms with Gasteiger partial charge >= 0.3 is 5.97 Å². The van der Waals surface area contributed by atoms with Gasteiger partial charge in [0.05, 0.1) is 22.5 Å². The molecular weight excluding hydrogens is 414 g/mol.